The van der Waals surface area contributed by atoms with Crippen molar-refractivity contribution in [3.8, 4) is 0 Å². The van der Waals surface area contributed by atoms with Crippen LogP contribution in [0.4, 0.5) is 10.5 Å². The molecular weight excluding hydrogens is 286 g/mol. The molecule has 4 nitrogen and oxygen atoms in total. The van der Waals surface area contributed by atoms with Gasteiger partial charge in [-0.15, -0.1) is 0 Å². The number of hydrogen-bond acceptors (Lipinski definition) is 1. The highest BCUT2D eigenvalue weighted by molar-refractivity contribution is 5.89. The minimum Gasteiger partial charge on any atom is -0.345 e. The van der Waals surface area contributed by atoms with E-state index >= 15 is 0 Å². The Hall–Kier alpha value is -2.23. The van der Waals surface area contributed by atoms with Crippen molar-refractivity contribution in [2.75, 3.05) is 11.9 Å². The quantitative estimate of drug-likeness (QED) is 0.890. The van der Waals surface area contributed by atoms with E-state index in [2.05, 4.69) is 35.9 Å². The summed E-state index contributed by atoms with van der Waals surface area (Å²) < 4.78 is 2.34. The molecule has 0 unspecified atom stereocenters. The Balaban J connectivity index is 1.82. The summed E-state index contributed by atoms with van der Waals surface area (Å²) in [5.41, 5.74) is 4.55. The highest BCUT2D eigenvalue weighted by Crippen LogP contribution is 2.31. The maximum absolute atomic E-state index is 12.8. The molecule has 122 valence electrons. The molecule has 2 amide bonds. The second-order valence-corrected chi connectivity index (χ2v) is 6.35. The summed E-state index contributed by atoms with van der Waals surface area (Å²) in [6.45, 7) is 7.97. The van der Waals surface area contributed by atoms with Gasteiger partial charge in [-0.25, -0.2) is 4.79 Å². The van der Waals surface area contributed by atoms with Crippen LogP contribution in [0.1, 0.15) is 42.8 Å². The predicted octanol–water partition coefficient (Wildman–Crippen LogP) is 4.49. The molecule has 0 bridgehead atoms. The molecule has 0 aliphatic carbocycles. The van der Waals surface area contributed by atoms with E-state index in [1.54, 1.807) is 0 Å². The van der Waals surface area contributed by atoms with Crippen molar-refractivity contribution in [3.63, 3.8) is 0 Å². The third-order valence-electron chi connectivity index (χ3n) is 4.61. The van der Waals surface area contributed by atoms with Crippen LogP contribution >= 0.6 is 0 Å². The van der Waals surface area contributed by atoms with Crippen LogP contribution in [0.2, 0.25) is 0 Å². The summed E-state index contributed by atoms with van der Waals surface area (Å²) in [6, 6.07) is 12.4. The molecule has 2 heterocycles. The molecule has 0 spiro atoms. The summed E-state index contributed by atoms with van der Waals surface area (Å²) in [6.07, 6.45) is 2.05. The number of hydrogen-bond donors (Lipinski definition) is 1. The third kappa shape index (κ3) is 3.11. The molecular formula is C19H25N3O. The highest BCUT2D eigenvalue weighted by Gasteiger charge is 2.31. The summed E-state index contributed by atoms with van der Waals surface area (Å²) in [5, 5.41) is 3.06. The summed E-state index contributed by atoms with van der Waals surface area (Å²) >= 11 is 0. The molecule has 0 radical (unpaired) electrons. The molecule has 23 heavy (non-hydrogen) atoms. The number of fused-ring (bicyclic) bond motifs is 1. The molecule has 0 fully saturated rings. The SMILES string of the molecule is CCC[C@H]1c2ccc(C)n2CCN1C(=O)Nc1cccc(C)c1. The zero-order chi connectivity index (χ0) is 16.4. The van der Waals surface area contributed by atoms with Gasteiger partial charge >= 0.3 is 6.03 Å². The molecule has 4 heteroatoms. The maximum atomic E-state index is 12.8. The molecule has 1 aromatic carbocycles. The number of urea groups is 1. The minimum atomic E-state index is -0.000784. The lowest BCUT2D eigenvalue weighted by Crippen LogP contribution is -2.44. The van der Waals surface area contributed by atoms with Crippen LogP contribution in [0.15, 0.2) is 36.4 Å². The van der Waals surface area contributed by atoms with Gasteiger partial charge in [-0.3, -0.25) is 0 Å². The largest absolute Gasteiger partial charge is 0.345 e. The normalized spacial score (nSPS) is 17.0. The number of carbonyl (C=O) groups is 1. The van der Waals surface area contributed by atoms with Gasteiger partial charge in [0.2, 0.25) is 0 Å². The van der Waals surface area contributed by atoms with E-state index in [0.29, 0.717) is 0 Å². The molecule has 1 N–H and O–H groups in total. The average Bonchev–Trinajstić information content (AvgIpc) is 2.90. The Bertz CT molecular complexity index is 704. The van der Waals surface area contributed by atoms with Gasteiger partial charge in [0.05, 0.1) is 6.04 Å². The monoisotopic (exact) mass is 311 g/mol. The number of nitrogens with one attached hydrogen (secondary N) is 1. The van der Waals surface area contributed by atoms with Crippen molar-refractivity contribution in [1.82, 2.24) is 9.47 Å². The number of carbonyl (C=O) groups excluding carboxylic acids is 1. The second kappa shape index (κ2) is 6.49. The lowest BCUT2D eigenvalue weighted by Gasteiger charge is -2.37. The Kier molecular flexibility index (Phi) is 4.42. The fraction of sp³-hybridized carbons (Fsp3) is 0.421. The minimum absolute atomic E-state index is 0.000784. The predicted molar refractivity (Wildman–Crippen MR) is 93.7 cm³/mol. The number of benzene rings is 1. The van der Waals surface area contributed by atoms with Crippen molar-refractivity contribution in [2.45, 2.75) is 46.2 Å². The third-order valence-corrected chi connectivity index (χ3v) is 4.61. The topological polar surface area (TPSA) is 37.3 Å². The van der Waals surface area contributed by atoms with Crippen LogP contribution in [-0.4, -0.2) is 22.0 Å². The Morgan fingerprint density at radius 1 is 1.22 bits per heavy atom. The van der Waals surface area contributed by atoms with Crippen molar-refractivity contribution < 1.29 is 4.79 Å². The molecule has 1 aromatic heterocycles. The van der Waals surface area contributed by atoms with Gasteiger partial charge in [0.1, 0.15) is 0 Å². The standard InChI is InChI=1S/C19H25N3O/c1-4-6-17-18-10-9-15(3)21(18)11-12-22(17)19(23)20-16-8-5-7-14(2)13-16/h5,7-10,13,17H,4,6,11-12H2,1-3H3,(H,20,23)/t17-/m0/s1. The average molecular weight is 311 g/mol. The summed E-state index contributed by atoms with van der Waals surface area (Å²) in [4.78, 5) is 14.8. The first-order valence-corrected chi connectivity index (χ1v) is 8.40. The fourth-order valence-electron chi connectivity index (χ4n) is 3.45. The van der Waals surface area contributed by atoms with E-state index in [9.17, 15) is 4.79 Å². The molecule has 2 aromatic rings. The first kappa shape index (κ1) is 15.7. The number of rotatable bonds is 3. The van der Waals surface area contributed by atoms with Crippen molar-refractivity contribution in [2.24, 2.45) is 0 Å². The lowest BCUT2D eigenvalue weighted by molar-refractivity contribution is 0.162. The molecule has 3 rings (SSSR count). The first-order valence-electron chi connectivity index (χ1n) is 8.40. The molecule has 1 aliphatic heterocycles. The van der Waals surface area contributed by atoms with Crippen LogP contribution < -0.4 is 5.32 Å². The molecule has 0 saturated carbocycles. The van der Waals surface area contributed by atoms with Gasteiger partial charge in [-0.2, -0.15) is 0 Å². The number of nitrogens with zero attached hydrogens (tertiary/aromatic N) is 2. The smallest absolute Gasteiger partial charge is 0.322 e. The van der Waals surface area contributed by atoms with Crippen molar-refractivity contribution in [3.05, 3.63) is 53.3 Å². The number of aromatic nitrogens is 1. The maximum Gasteiger partial charge on any atom is 0.322 e. The van der Waals surface area contributed by atoms with Crippen LogP contribution in [-0.2, 0) is 6.54 Å². The summed E-state index contributed by atoms with van der Waals surface area (Å²) in [7, 11) is 0. The molecule has 0 saturated heterocycles. The highest BCUT2D eigenvalue weighted by atomic mass is 16.2. The van der Waals surface area contributed by atoms with Gasteiger partial charge < -0.3 is 14.8 Å². The van der Waals surface area contributed by atoms with Crippen LogP contribution in [0.25, 0.3) is 0 Å². The van der Waals surface area contributed by atoms with Crippen LogP contribution in [0.3, 0.4) is 0 Å². The van der Waals surface area contributed by atoms with Crippen molar-refractivity contribution >= 4 is 11.7 Å². The van der Waals surface area contributed by atoms with Gasteiger partial charge in [-0.05, 0) is 50.1 Å². The van der Waals surface area contributed by atoms with E-state index in [-0.39, 0.29) is 12.1 Å². The van der Waals surface area contributed by atoms with E-state index in [4.69, 9.17) is 0 Å². The van der Waals surface area contributed by atoms with E-state index < -0.39 is 0 Å². The summed E-state index contributed by atoms with van der Waals surface area (Å²) in [5.74, 6) is 0. The number of aryl methyl sites for hydroxylation is 2. The number of anilines is 1. The zero-order valence-electron chi connectivity index (χ0n) is 14.2. The molecule has 1 atom stereocenters. The van der Waals surface area contributed by atoms with E-state index in [1.165, 1.54) is 11.4 Å². The van der Waals surface area contributed by atoms with Gasteiger partial charge in [0, 0.05) is 30.2 Å². The lowest BCUT2D eigenvalue weighted by atomic mass is 10.0. The first-order chi connectivity index (χ1) is 11.1. The Morgan fingerprint density at radius 2 is 2.04 bits per heavy atom. The Morgan fingerprint density at radius 3 is 2.78 bits per heavy atom. The van der Waals surface area contributed by atoms with E-state index in [0.717, 1.165) is 37.2 Å². The molecule has 1 aliphatic rings. The van der Waals surface area contributed by atoms with Gasteiger partial charge in [0.15, 0.2) is 0 Å². The van der Waals surface area contributed by atoms with Crippen molar-refractivity contribution in [1.29, 1.82) is 0 Å². The van der Waals surface area contributed by atoms with Gasteiger partial charge in [-0.1, -0.05) is 25.5 Å². The van der Waals surface area contributed by atoms with Crippen LogP contribution in [0.5, 0.6) is 0 Å². The van der Waals surface area contributed by atoms with E-state index in [1.807, 2.05) is 36.1 Å². The van der Waals surface area contributed by atoms with Gasteiger partial charge in [0.25, 0.3) is 0 Å². The van der Waals surface area contributed by atoms with Crippen LogP contribution in [0, 0.1) is 13.8 Å². The second-order valence-electron chi connectivity index (χ2n) is 6.35. The zero-order valence-corrected chi connectivity index (χ0v) is 14.2. The fourth-order valence-corrected chi connectivity index (χ4v) is 3.45. The Labute approximate surface area is 138 Å². The number of amides is 2.